The molecule has 1 fully saturated rings. The molecule has 2 rings (SSSR count). The zero-order chi connectivity index (χ0) is 14.2. The van der Waals surface area contributed by atoms with E-state index in [1.54, 1.807) is 6.07 Å². The normalized spacial score (nSPS) is 22.6. The molecule has 1 aromatic carbocycles. The van der Waals surface area contributed by atoms with E-state index in [2.05, 4.69) is 0 Å². The first-order valence-electron chi connectivity index (χ1n) is 5.57. The van der Waals surface area contributed by atoms with E-state index >= 15 is 0 Å². The Morgan fingerprint density at radius 3 is 2.37 bits per heavy atom. The number of rotatable bonds is 2. The van der Waals surface area contributed by atoms with Gasteiger partial charge in [-0.3, -0.25) is 4.79 Å². The SMILES string of the molecule is O=C(O)[C@@H]1CC(O)CN1C(=O)c1c(Cl)cccc1Cl. The maximum atomic E-state index is 12.3. The van der Waals surface area contributed by atoms with Gasteiger partial charge in [0, 0.05) is 13.0 Å². The quantitative estimate of drug-likeness (QED) is 0.871. The molecule has 1 unspecified atom stereocenters. The molecule has 2 atom stereocenters. The van der Waals surface area contributed by atoms with Gasteiger partial charge >= 0.3 is 5.97 Å². The van der Waals surface area contributed by atoms with Crippen molar-refractivity contribution in [2.24, 2.45) is 0 Å². The minimum absolute atomic E-state index is 0.00312. The average Bonchev–Trinajstić information content (AvgIpc) is 2.71. The van der Waals surface area contributed by atoms with Crippen molar-refractivity contribution < 1.29 is 19.8 Å². The predicted octanol–water partition coefficient (Wildman–Crippen LogP) is 1.65. The second-order valence-electron chi connectivity index (χ2n) is 4.30. The van der Waals surface area contributed by atoms with E-state index in [9.17, 15) is 14.7 Å². The lowest BCUT2D eigenvalue weighted by Crippen LogP contribution is -2.40. The fraction of sp³-hybridized carbons (Fsp3) is 0.333. The molecule has 0 saturated carbocycles. The molecule has 102 valence electrons. The average molecular weight is 304 g/mol. The molecule has 1 saturated heterocycles. The molecule has 7 heteroatoms. The number of aliphatic carboxylic acids is 1. The summed E-state index contributed by atoms with van der Waals surface area (Å²) in [5, 5.41) is 18.9. The molecule has 0 aromatic heterocycles. The summed E-state index contributed by atoms with van der Waals surface area (Å²) in [7, 11) is 0. The number of likely N-dealkylation sites (tertiary alicyclic amines) is 1. The van der Waals surface area contributed by atoms with Gasteiger partial charge < -0.3 is 15.1 Å². The van der Waals surface area contributed by atoms with Gasteiger partial charge in [0.2, 0.25) is 0 Å². The van der Waals surface area contributed by atoms with E-state index in [-0.39, 0.29) is 28.6 Å². The van der Waals surface area contributed by atoms with E-state index in [1.165, 1.54) is 12.1 Å². The number of benzene rings is 1. The summed E-state index contributed by atoms with van der Waals surface area (Å²) >= 11 is 11.8. The summed E-state index contributed by atoms with van der Waals surface area (Å²) in [6.07, 6.45) is -0.852. The van der Waals surface area contributed by atoms with Gasteiger partial charge in [0.15, 0.2) is 0 Å². The number of carboxylic acid groups (broad SMARTS) is 1. The van der Waals surface area contributed by atoms with Gasteiger partial charge in [-0.15, -0.1) is 0 Å². The highest BCUT2D eigenvalue weighted by Gasteiger charge is 2.40. The van der Waals surface area contributed by atoms with Crippen LogP contribution in [0.15, 0.2) is 18.2 Å². The molecule has 19 heavy (non-hydrogen) atoms. The Morgan fingerprint density at radius 2 is 1.84 bits per heavy atom. The number of amides is 1. The fourth-order valence-electron chi connectivity index (χ4n) is 2.12. The first kappa shape index (κ1) is 14.1. The lowest BCUT2D eigenvalue weighted by Gasteiger charge is -2.22. The van der Waals surface area contributed by atoms with Crippen molar-refractivity contribution in [1.29, 1.82) is 0 Å². The van der Waals surface area contributed by atoms with Crippen LogP contribution in [0.1, 0.15) is 16.8 Å². The summed E-state index contributed by atoms with van der Waals surface area (Å²) in [5.41, 5.74) is 0.0613. The molecule has 1 aromatic rings. The summed E-state index contributed by atoms with van der Waals surface area (Å²) in [5.74, 6) is -1.74. The third kappa shape index (κ3) is 2.68. The molecule has 5 nitrogen and oxygen atoms in total. The number of aliphatic hydroxyl groups excluding tert-OH is 1. The van der Waals surface area contributed by atoms with Crippen LogP contribution in [0.2, 0.25) is 10.0 Å². The first-order chi connectivity index (χ1) is 8.91. The van der Waals surface area contributed by atoms with E-state index in [1.807, 2.05) is 0 Å². The standard InChI is InChI=1S/C12H11Cl2NO4/c13-7-2-1-3-8(14)10(7)11(17)15-5-6(16)4-9(15)12(18)19/h1-3,6,9,16H,4-5H2,(H,18,19)/t6?,9-/m0/s1. The topological polar surface area (TPSA) is 77.8 Å². The molecule has 0 aliphatic carbocycles. The number of carbonyl (C=O) groups is 2. The first-order valence-corrected chi connectivity index (χ1v) is 6.33. The van der Waals surface area contributed by atoms with Gasteiger partial charge in [-0.05, 0) is 12.1 Å². The Morgan fingerprint density at radius 1 is 1.26 bits per heavy atom. The number of aliphatic hydroxyl groups is 1. The number of nitrogens with zero attached hydrogens (tertiary/aromatic N) is 1. The van der Waals surface area contributed by atoms with Crippen LogP contribution in [0.5, 0.6) is 0 Å². The number of hydrogen-bond acceptors (Lipinski definition) is 3. The maximum absolute atomic E-state index is 12.3. The van der Waals surface area contributed by atoms with Crippen molar-refractivity contribution in [3.8, 4) is 0 Å². The summed E-state index contributed by atoms with van der Waals surface area (Å²) < 4.78 is 0. The van der Waals surface area contributed by atoms with E-state index in [0.717, 1.165) is 4.90 Å². The molecule has 0 spiro atoms. The van der Waals surface area contributed by atoms with Crippen LogP contribution in [-0.2, 0) is 4.79 Å². The smallest absolute Gasteiger partial charge is 0.326 e. The van der Waals surface area contributed by atoms with E-state index in [0.29, 0.717) is 0 Å². The minimum Gasteiger partial charge on any atom is -0.480 e. The Kier molecular flexibility index (Phi) is 3.99. The van der Waals surface area contributed by atoms with Gasteiger partial charge in [0.05, 0.1) is 21.7 Å². The predicted molar refractivity (Wildman–Crippen MR) is 69.5 cm³/mol. The number of halogens is 2. The molecule has 2 N–H and O–H groups in total. The zero-order valence-corrected chi connectivity index (χ0v) is 11.2. The third-order valence-electron chi connectivity index (χ3n) is 3.00. The number of carboxylic acids is 1. The van der Waals surface area contributed by atoms with Crippen LogP contribution in [-0.4, -0.2) is 45.7 Å². The largest absolute Gasteiger partial charge is 0.480 e. The highest BCUT2D eigenvalue weighted by molar-refractivity contribution is 6.39. The summed E-state index contributed by atoms with van der Waals surface area (Å²) in [6, 6.07) is 3.54. The second-order valence-corrected chi connectivity index (χ2v) is 5.11. The van der Waals surface area contributed by atoms with Gasteiger partial charge in [0.1, 0.15) is 6.04 Å². The maximum Gasteiger partial charge on any atom is 0.326 e. The molecule has 1 aliphatic heterocycles. The van der Waals surface area contributed by atoms with E-state index in [4.69, 9.17) is 28.3 Å². The van der Waals surface area contributed by atoms with Crippen LogP contribution in [0.4, 0.5) is 0 Å². The second kappa shape index (κ2) is 5.36. The number of hydrogen-bond donors (Lipinski definition) is 2. The van der Waals surface area contributed by atoms with Crippen molar-refractivity contribution in [2.45, 2.75) is 18.6 Å². The van der Waals surface area contributed by atoms with Crippen LogP contribution in [0.3, 0.4) is 0 Å². The van der Waals surface area contributed by atoms with Crippen molar-refractivity contribution in [3.63, 3.8) is 0 Å². The lowest BCUT2D eigenvalue weighted by molar-refractivity contribution is -0.141. The van der Waals surface area contributed by atoms with E-state index < -0.39 is 24.0 Å². The zero-order valence-electron chi connectivity index (χ0n) is 9.72. The van der Waals surface area contributed by atoms with Crippen molar-refractivity contribution in [3.05, 3.63) is 33.8 Å². The Bertz CT molecular complexity index is 514. The molecule has 1 amide bonds. The molecular formula is C12H11Cl2NO4. The van der Waals surface area contributed by atoms with Gasteiger partial charge in [0.25, 0.3) is 5.91 Å². The number of β-amino-alcohol motifs (C(OH)–C–C–N with tert-alkyl or cyclic N) is 1. The Labute approximate surface area is 119 Å². The molecule has 1 aliphatic rings. The number of carbonyl (C=O) groups excluding carboxylic acids is 1. The molecule has 0 bridgehead atoms. The highest BCUT2D eigenvalue weighted by atomic mass is 35.5. The van der Waals surface area contributed by atoms with Gasteiger partial charge in [-0.1, -0.05) is 29.3 Å². The lowest BCUT2D eigenvalue weighted by atomic mass is 10.1. The fourth-order valence-corrected chi connectivity index (χ4v) is 2.68. The van der Waals surface area contributed by atoms with Crippen LogP contribution in [0, 0.1) is 0 Å². The van der Waals surface area contributed by atoms with Crippen LogP contribution < -0.4 is 0 Å². The highest BCUT2D eigenvalue weighted by Crippen LogP contribution is 2.29. The molecule has 0 radical (unpaired) electrons. The van der Waals surface area contributed by atoms with Crippen molar-refractivity contribution in [1.82, 2.24) is 4.90 Å². The Balaban J connectivity index is 2.36. The van der Waals surface area contributed by atoms with Crippen LogP contribution >= 0.6 is 23.2 Å². The Hall–Kier alpha value is -1.30. The third-order valence-corrected chi connectivity index (χ3v) is 3.63. The van der Waals surface area contributed by atoms with Gasteiger partial charge in [-0.2, -0.15) is 0 Å². The monoisotopic (exact) mass is 303 g/mol. The summed E-state index contributed by atoms with van der Waals surface area (Å²) in [4.78, 5) is 24.5. The summed E-state index contributed by atoms with van der Waals surface area (Å²) in [6.45, 7) is -0.0443. The minimum atomic E-state index is -1.16. The van der Waals surface area contributed by atoms with Gasteiger partial charge in [-0.25, -0.2) is 4.79 Å². The molecule has 1 heterocycles. The van der Waals surface area contributed by atoms with Crippen molar-refractivity contribution >= 4 is 35.1 Å². The van der Waals surface area contributed by atoms with Crippen LogP contribution in [0.25, 0.3) is 0 Å². The molecular weight excluding hydrogens is 293 g/mol. The van der Waals surface area contributed by atoms with Crippen molar-refractivity contribution in [2.75, 3.05) is 6.54 Å².